The van der Waals surface area contributed by atoms with Crippen LogP contribution in [-0.2, 0) is 0 Å². The summed E-state index contributed by atoms with van der Waals surface area (Å²) in [6.45, 7) is 0. The Bertz CT molecular complexity index is 897. The Morgan fingerprint density at radius 3 is 2.52 bits per heavy atom. The van der Waals surface area contributed by atoms with Crippen molar-refractivity contribution in [2.45, 2.75) is 0 Å². The van der Waals surface area contributed by atoms with Gasteiger partial charge in [0.15, 0.2) is 0 Å². The SMILES string of the molecule is COc1ccc(OC)c(NC(=O)c2cc(-n3cnnc3)ccc2Cl)c1. The molecule has 3 aromatic rings. The zero-order valence-corrected chi connectivity index (χ0v) is 14.3. The summed E-state index contributed by atoms with van der Waals surface area (Å²) in [6.07, 6.45) is 3.08. The number of amides is 1. The third-order valence-electron chi connectivity index (χ3n) is 3.57. The second-order valence-corrected chi connectivity index (χ2v) is 5.46. The van der Waals surface area contributed by atoms with E-state index in [0.29, 0.717) is 27.8 Å². The molecule has 1 heterocycles. The molecule has 0 unspecified atom stereocenters. The van der Waals surface area contributed by atoms with E-state index in [1.807, 2.05) is 0 Å². The molecule has 128 valence electrons. The summed E-state index contributed by atoms with van der Waals surface area (Å²) in [6, 6.07) is 10.2. The van der Waals surface area contributed by atoms with Crippen molar-refractivity contribution in [2.75, 3.05) is 19.5 Å². The third-order valence-corrected chi connectivity index (χ3v) is 3.90. The van der Waals surface area contributed by atoms with Crippen LogP contribution in [0.25, 0.3) is 5.69 Å². The molecule has 0 aliphatic heterocycles. The third kappa shape index (κ3) is 3.56. The van der Waals surface area contributed by atoms with Gasteiger partial charge in [0.05, 0.1) is 30.5 Å². The van der Waals surface area contributed by atoms with E-state index in [-0.39, 0.29) is 5.91 Å². The van der Waals surface area contributed by atoms with Crippen LogP contribution in [0.1, 0.15) is 10.4 Å². The van der Waals surface area contributed by atoms with Crippen molar-refractivity contribution in [1.82, 2.24) is 14.8 Å². The molecule has 1 N–H and O–H groups in total. The van der Waals surface area contributed by atoms with Gasteiger partial charge < -0.3 is 14.8 Å². The van der Waals surface area contributed by atoms with Crippen LogP contribution in [0.3, 0.4) is 0 Å². The number of nitrogens with zero attached hydrogens (tertiary/aromatic N) is 3. The molecule has 0 saturated heterocycles. The molecular weight excluding hydrogens is 344 g/mol. The zero-order chi connectivity index (χ0) is 17.8. The summed E-state index contributed by atoms with van der Waals surface area (Å²) in [5.41, 5.74) is 1.52. The first-order valence-electron chi connectivity index (χ1n) is 7.30. The highest BCUT2D eigenvalue weighted by atomic mass is 35.5. The Balaban J connectivity index is 1.93. The van der Waals surface area contributed by atoms with Crippen molar-refractivity contribution < 1.29 is 14.3 Å². The Hall–Kier alpha value is -3.06. The summed E-state index contributed by atoms with van der Waals surface area (Å²) < 4.78 is 12.1. The first-order chi connectivity index (χ1) is 12.1. The van der Waals surface area contributed by atoms with Gasteiger partial charge in [0.1, 0.15) is 24.2 Å². The van der Waals surface area contributed by atoms with Gasteiger partial charge in [0, 0.05) is 11.8 Å². The fourth-order valence-electron chi connectivity index (χ4n) is 2.28. The van der Waals surface area contributed by atoms with Gasteiger partial charge in [-0.2, -0.15) is 0 Å². The van der Waals surface area contributed by atoms with Crippen molar-refractivity contribution in [3.05, 3.63) is 59.6 Å². The number of anilines is 1. The predicted molar refractivity (Wildman–Crippen MR) is 93.9 cm³/mol. The van der Waals surface area contributed by atoms with Gasteiger partial charge in [-0.15, -0.1) is 10.2 Å². The molecule has 3 rings (SSSR count). The largest absolute Gasteiger partial charge is 0.497 e. The number of rotatable bonds is 5. The van der Waals surface area contributed by atoms with Crippen LogP contribution >= 0.6 is 11.6 Å². The molecule has 8 heteroatoms. The number of methoxy groups -OCH3 is 2. The molecule has 0 aliphatic rings. The molecule has 0 radical (unpaired) electrons. The van der Waals surface area contributed by atoms with Gasteiger partial charge in [0.25, 0.3) is 5.91 Å². The number of carbonyl (C=O) groups excluding carboxylic acids is 1. The van der Waals surface area contributed by atoms with Crippen LogP contribution in [0.5, 0.6) is 11.5 Å². The van der Waals surface area contributed by atoms with E-state index < -0.39 is 0 Å². The normalized spacial score (nSPS) is 10.4. The van der Waals surface area contributed by atoms with Gasteiger partial charge in [-0.1, -0.05) is 11.6 Å². The molecule has 7 nitrogen and oxygen atoms in total. The molecule has 0 aliphatic carbocycles. The molecule has 1 amide bonds. The fourth-order valence-corrected chi connectivity index (χ4v) is 2.49. The number of hydrogen-bond donors (Lipinski definition) is 1. The van der Waals surface area contributed by atoms with E-state index in [1.54, 1.807) is 48.1 Å². The number of carbonyl (C=O) groups is 1. The molecular formula is C17H15ClN4O3. The van der Waals surface area contributed by atoms with Crippen molar-refractivity contribution in [2.24, 2.45) is 0 Å². The second kappa shape index (κ2) is 7.23. The van der Waals surface area contributed by atoms with Gasteiger partial charge in [0.2, 0.25) is 0 Å². The van der Waals surface area contributed by atoms with Crippen molar-refractivity contribution in [3.8, 4) is 17.2 Å². The van der Waals surface area contributed by atoms with Gasteiger partial charge >= 0.3 is 0 Å². The van der Waals surface area contributed by atoms with Crippen molar-refractivity contribution in [1.29, 1.82) is 0 Å². The number of nitrogens with one attached hydrogen (secondary N) is 1. The van der Waals surface area contributed by atoms with Crippen LogP contribution in [0.15, 0.2) is 49.1 Å². The molecule has 0 bridgehead atoms. The predicted octanol–water partition coefficient (Wildman–Crippen LogP) is 3.19. The molecule has 25 heavy (non-hydrogen) atoms. The van der Waals surface area contributed by atoms with Gasteiger partial charge in [-0.05, 0) is 30.3 Å². The lowest BCUT2D eigenvalue weighted by Crippen LogP contribution is -2.14. The van der Waals surface area contributed by atoms with E-state index >= 15 is 0 Å². The Morgan fingerprint density at radius 2 is 1.84 bits per heavy atom. The lowest BCUT2D eigenvalue weighted by molar-refractivity contribution is 0.102. The monoisotopic (exact) mass is 358 g/mol. The number of aromatic nitrogens is 3. The summed E-state index contributed by atoms with van der Waals surface area (Å²) in [5, 5.41) is 10.6. The highest BCUT2D eigenvalue weighted by Crippen LogP contribution is 2.30. The van der Waals surface area contributed by atoms with Crippen LogP contribution in [0.2, 0.25) is 5.02 Å². The smallest absolute Gasteiger partial charge is 0.257 e. The quantitative estimate of drug-likeness (QED) is 0.757. The average Bonchev–Trinajstić information content (AvgIpc) is 3.16. The molecule has 0 saturated carbocycles. The van der Waals surface area contributed by atoms with E-state index in [9.17, 15) is 4.79 Å². The fraction of sp³-hybridized carbons (Fsp3) is 0.118. The van der Waals surface area contributed by atoms with E-state index in [1.165, 1.54) is 19.8 Å². The van der Waals surface area contributed by atoms with Gasteiger partial charge in [-0.25, -0.2) is 0 Å². The van der Waals surface area contributed by atoms with E-state index in [4.69, 9.17) is 21.1 Å². The second-order valence-electron chi connectivity index (χ2n) is 5.05. The standard InChI is InChI=1S/C17H15ClN4O3/c1-24-12-4-6-16(25-2)15(8-12)21-17(23)13-7-11(3-5-14(13)18)22-9-19-20-10-22/h3-10H,1-2H3,(H,21,23). The number of ether oxygens (including phenoxy) is 2. The van der Waals surface area contributed by atoms with Crippen LogP contribution < -0.4 is 14.8 Å². The topological polar surface area (TPSA) is 78.3 Å². The summed E-state index contributed by atoms with van der Waals surface area (Å²) in [5.74, 6) is 0.743. The maximum atomic E-state index is 12.7. The number of halogens is 1. The maximum absolute atomic E-state index is 12.7. The van der Waals surface area contributed by atoms with Crippen LogP contribution in [0, 0.1) is 0 Å². The van der Waals surface area contributed by atoms with Crippen LogP contribution in [-0.4, -0.2) is 34.9 Å². The molecule has 0 fully saturated rings. The Morgan fingerprint density at radius 1 is 1.08 bits per heavy atom. The van der Waals surface area contributed by atoms with Crippen molar-refractivity contribution in [3.63, 3.8) is 0 Å². The van der Waals surface area contributed by atoms with E-state index in [2.05, 4.69) is 15.5 Å². The summed E-state index contributed by atoms with van der Waals surface area (Å²) in [4.78, 5) is 12.7. The minimum atomic E-state index is -0.369. The number of hydrogen-bond acceptors (Lipinski definition) is 5. The minimum absolute atomic E-state index is 0.317. The Labute approximate surface area is 149 Å². The molecule has 0 atom stereocenters. The molecule has 2 aromatic carbocycles. The summed E-state index contributed by atoms with van der Waals surface area (Å²) in [7, 11) is 3.07. The molecule has 1 aromatic heterocycles. The lowest BCUT2D eigenvalue weighted by Gasteiger charge is -2.13. The zero-order valence-electron chi connectivity index (χ0n) is 13.6. The van der Waals surface area contributed by atoms with Crippen molar-refractivity contribution >= 4 is 23.2 Å². The highest BCUT2D eigenvalue weighted by Gasteiger charge is 2.15. The average molecular weight is 359 g/mol. The highest BCUT2D eigenvalue weighted by molar-refractivity contribution is 6.34. The van der Waals surface area contributed by atoms with Gasteiger partial charge in [-0.3, -0.25) is 9.36 Å². The Kier molecular flexibility index (Phi) is 4.85. The first-order valence-corrected chi connectivity index (χ1v) is 7.68. The minimum Gasteiger partial charge on any atom is -0.497 e. The number of benzene rings is 2. The van der Waals surface area contributed by atoms with E-state index in [0.717, 1.165) is 5.69 Å². The lowest BCUT2D eigenvalue weighted by atomic mass is 10.1. The summed E-state index contributed by atoms with van der Waals surface area (Å²) >= 11 is 6.19. The van der Waals surface area contributed by atoms with Crippen LogP contribution in [0.4, 0.5) is 5.69 Å². The maximum Gasteiger partial charge on any atom is 0.257 e. The molecule has 0 spiro atoms. The first kappa shape index (κ1) is 16.8.